The van der Waals surface area contributed by atoms with Crippen molar-refractivity contribution in [3.8, 4) is 11.5 Å². The number of aromatic hydroxyl groups is 1. The zero-order valence-corrected chi connectivity index (χ0v) is 22.2. The van der Waals surface area contributed by atoms with Gasteiger partial charge in [-0.2, -0.15) is 0 Å². The van der Waals surface area contributed by atoms with Gasteiger partial charge in [-0.3, -0.25) is 4.79 Å². The molecule has 3 rings (SSSR count). The molecule has 2 aromatic carbocycles. The van der Waals surface area contributed by atoms with E-state index >= 15 is 0 Å². The minimum Gasteiger partial charge on any atom is -0.502 e. The second kappa shape index (κ2) is 12.3. The van der Waals surface area contributed by atoms with Crippen LogP contribution in [0.1, 0.15) is 51.4 Å². The van der Waals surface area contributed by atoms with E-state index in [0.29, 0.717) is 24.5 Å². The number of amides is 1. The Balaban J connectivity index is 1.56. The van der Waals surface area contributed by atoms with Crippen LogP contribution < -0.4 is 20.4 Å². The second-order valence-electron chi connectivity index (χ2n) is 9.96. The van der Waals surface area contributed by atoms with Gasteiger partial charge in [-0.1, -0.05) is 18.2 Å². The van der Waals surface area contributed by atoms with Crippen LogP contribution in [-0.2, 0) is 4.74 Å². The number of hydrogen-bond donors (Lipinski definition) is 2. The van der Waals surface area contributed by atoms with Crippen LogP contribution >= 0.6 is 0 Å². The second-order valence-corrected chi connectivity index (χ2v) is 9.96. The van der Waals surface area contributed by atoms with Crippen LogP contribution in [-0.4, -0.2) is 44.0 Å². The quantitative estimate of drug-likeness (QED) is 0.333. The molecule has 1 amide bonds. The highest BCUT2D eigenvalue weighted by Crippen LogP contribution is 2.26. The molecular formula is C29H36N2O6. The van der Waals surface area contributed by atoms with E-state index in [0.717, 1.165) is 30.5 Å². The topological polar surface area (TPSA) is 101 Å². The normalized spacial score (nSPS) is 11.6. The van der Waals surface area contributed by atoms with E-state index in [-0.39, 0.29) is 11.1 Å². The van der Waals surface area contributed by atoms with Crippen LogP contribution in [0.3, 0.4) is 0 Å². The van der Waals surface area contributed by atoms with Crippen molar-refractivity contribution in [2.24, 2.45) is 0 Å². The Hall–Kier alpha value is -3.94. The minimum absolute atomic E-state index is 0.0869. The van der Waals surface area contributed by atoms with Gasteiger partial charge in [0.05, 0.1) is 12.0 Å². The summed E-state index contributed by atoms with van der Waals surface area (Å²) in [6.45, 7) is 6.50. The smallest absolute Gasteiger partial charge is 0.407 e. The third kappa shape index (κ3) is 8.31. The number of alkyl carbamates (subject to hydrolysis) is 1. The van der Waals surface area contributed by atoms with Crippen molar-refractivity contribution in [3.05, 3.63) is 64.0 Å². The van der Waals surface area contributed by atoms with E-state index in [1.807, 2.05) is 64.0 Å². The SMILES string of the molecule is CN(C)c1ccc(/C=C/c2oc3cc(OCCCCCNC(=O)OC(C)(C)C)ccc3c(=O)c2O)cc1. The first-order valence-electron chi connectivity index (χ1n) is 12.4. The van der Waals surface area contributed by atoms with Gasteiger partial charge in [0, 0.05) is 32.4 Å². The first-order chi connectivity index (χ1) is 17.5. The molecule has 0 atom stereocenters. The molecule has 8 heteroatoms. The summed E-state index contributed by atoms with van der Waals surface area (Å²) in [5.74, 6) is 0.230. The molecule has 3 aromatic rings. The van der Waals surface area contributed by atoms with Crippen LogP contribution in [0.5, 0.6) is 11.5 Å². The van der Waals surface area contributed by atoms with E-state index in [9.17, 15) is 14.7 Å². The number of unbranched alkanes of at least 4 members (excludes halogenated alkanes) is 2. The van der Waals surface area contributed by atoms with Crippen molar-refractivity contribution >= 4 is 34.9 Å². The molecule has 0 aliphatic heterocycles. The first-order valence-corrected chi connectivity index (χ1v) is 12.4. The summed E-state index contributed by atoms with van der Waals surface area (Å²) >= 11 is 0. The maximum Gasteiger partial charge on any atom is 0.407 e. The number of hydrogen-bond acceptors (Lipinski definition) is 7. The molecule has 0 bridgehead atoms. The van der Waals surface area contributed by atoms with Crippen LogP contribution in [0.15, 0.2) is 51.7 Å². The summed E-state index contributed by atoms with van der Waals surface area (Å²) < 4.78 is 16.9. The number of ether oxygens (including phenoxy) is 2. The molecular weight excluding hydrogens is 472 g/mol. The number of anilines is 1. The Bertz CT molecular complexity index is 1290. The fourth-order valence-corrected chi connectivity index (χ4v) is 3.54. The number of nitrogens with one attached hydrogen (secondary N) is 1. The Morgan fingerprint density at radius 2 is 1.78 bits per heavy atom. The van der Waals surface area contributed by atoms with Crippen LogP contribution in [0.4, 0.5) is 10.5 Å². The number of carbonyl (C=O) groups excluding carboxylic acids is 1. The van der Waals surface area contributed by atoms with Gasteiger partial charge in [-0.05, 0) is 75.9 Å². The Morgan fingerprint density at radius 3 is 2.46 bits per heavy atom. The summed E-state index contributed by atoms with van der Waals surface area (Å²) in [7, 11) is 3.94. The summed E-state index contributed by atoms with van der Waals surface area (Å²) in [6, 6.07) is 12.8. The zero-order chi connectivity index (χ0) is 27.0. The summed E-state index contributed by atoms with van der Waals surface area (Å²) in [5, 5.41) is 13.4. The van der Waals surface area contributed by atoms with Crippen molar-refractivity contribution in [1.29, 1.82) is 0 Å². The number of carbonyl (C=O) groups is 1. The highest BCUT2D eigenvalue weighted by molar-refractivity contribution is 5.82. The van der Waals surface area contributed by atoms with E-state index in [2.05, 4.69) is 5.32 Å². The van der Waals surface area contributed by atoms with Crippen LogP contribution in [0.2, 0.25) is 0 Å². The highest BCUT2D eigenvalue weighted by atomic mass is 16.6. The molecule has 0 radical (unpaired) electrons. The van der Waals surface area contributed by atoms with Crippen molar-refractivity contribution < 1.29 is 23.8 Å². The van der Waals surface area contributed by atoms with E-state index in [4.69, 9.17) is 13.9 Å². The molecule has 0 aliphatic rings. The largest absolute Gasteiger partial charge is 0.502 e. The van der Waals surface area contributed by atoms with Gasteiger partial charge in [0.2, 0.25) is 11.2 Å². The number of fused-ring (bicyclic) bond motifs is 1. The molecule has 0 aliphatic carbocycles. The van der Waals surface area contributed by atoms with Crippen LogP contribution in [0.25, 0.3) is 23.1 Å². The maximum atomic E-state index is 12.6. The fraction of sp³-hybridized carbons (Fsp3) is 0.379. The Kier molecular flexibility index (Phi) is 9.22. The monoisotopic (exact) mass is 508 g/mol. The van der Waals surface area contributed by atoms with Gasteiger partial charge in [-0.15, -0.1) is 0 Å². The maximum absolute atomic E-state index is 12.6. The zero-order valence-electron chi connectivity index (χ0n) is 22.2. The summed E-state index contributed by atoms with van der Waals surface area (Å²) in [6.07, 6.45) is 5.43. The average molecular weight is 509 g/mol. The molecule has 37 heavy (non-hydrogen) atoms. The molecule has 2 N–H and O–H groups in total. The van der Waals surface area contributed by atoms with Gasteiger partial charge in [0.25, 0.3) is 0 Å². The lowest BCUT2D eigenvalue weighted by Crippen LogP contribution is -2.33. The summed E-state index contributed by atoms with van der Waals surface area (Å²) in [4.78, 5) is 26.3. The van der Waals surface area contributed by atoms with Gasteiger partial charge < -0.3 is 29.2 Å². The van der Waals surface area contributed by atoms with E-state index < -0.39 is 22.9 Å². The third-order valence-electron chi connectivity index (χ3n) is 5.46. The Morgan fingerprint density at radius 1 is 1.05 bits per heavy atom. The molecule has 0 spiro atoms. The molecule has 0 fully saturated rings. The number of benzene rings is 2. The standard InChI is InChI=1S/C29H36N2O6/c1-29(2,3)37-28(34)30-17-7-6-8-18-35-22-14-15-23-25(19-22)36-24(27(33)26(23)32)16-11-20-9-12-21(13-10-20)31(4)5/h9-16,19,33H,6-8,17-18H2,1-5H3,(H,30,34)/b16-11+. The van der Waals surface area contributed by atoms with E-state index in [1.165, 1.54) is 0 Å². The van der Waals surface area contributed by atoms with Crippen molar-refractivity contribution in [1.82, 2.24) is 5.32 Å². The lowest BCUT2D eigenvalue weighted by atomic mass is 10.1. The lowest BCUT2D eigenvalue weighted by Gasteiger charge is -2.19. The lowest BCUT2D eigenvalue weighted by molar-refractivity contribution is 0.0527. The molecule has 1 aromatic heterocycles. The average Bonchev–Trinajstić information content (AvgIpc) is 2.83. The first kappa shape index (κ1) is 27.6. The number of nitrogens with zero attached hydrogens (tertiary/aromatic N) is 1. The van der Waals surface area contributed by atoms with Crippen molar-refractivity contribution in [3.63, 3.8) is 0 Å². The fourth-order valence-electron chi connectivity index (χ4n) is 3.54. The van der Waals surface area contributed by atoms with Gasteiger partial charge in [-0.25, -0.2) is 4.79 Å². The highest BCUT2D eigenvalue weighted by Gasteiger charge is 2.15. The predicted molar refractivity (Wildman–Crippen MR) is 147 cm³/mol. The predicted octanol–water partition coefficient (Wildman–Crippen LogP) is 5.81. The molecule has 0 saturated heterocycles. The summed E-state index contributed by atoms with van der Waals surface area (Å²) in [5.41, 5.74) is 1.32. The van der Waals surface area contributed by atoms with Crippen molar-refractivity contribution in [2.75, 3.05) is 32.1 Å². The molecule has 198 valence electrons. The number of rotatable bonds is 10. The van der Waals surface area contributed by atoms with Crippen LogP contribution in [0, 0.1) is 0 Å². The molecule has 0 unspecified atom stereocenters. The molecule has 0 saturated carbocycles. The van der Waals surface area contributed by atoms with Gasteiger partial charge in [0.15, 0.2) is 5.76 Å². The molecule has 8 nitrogen and oxygen atoms in total. The van der Waals surface area contributed by atoms with E-state index in [1.54, 1.807) is 30.4 Å². The van der Waals surface area contributed by atoms with Gasteiger partial charge in [0.1, 0.15) is 16.9 Å². The van der Waals surface area contributed by atoms with Gasteiger partial charge >= 0.3 is 6.09 Å². The molecule has 1 heterocycles. The van der Waals surface area contributed by atoms with Crippen molar-refractivity contribution in [2.45, 2.75) is 45.6 Å². The Labute approximate surface area is 217 Å². The third-order valence-corrected chi connectivity index (χ3v) is 5.46. The minimum atomic E-state index is -0.509.